The van der Waals surface area contributed by atoms with Gasteiger partial charge in [-0.15, -0.1) is 0 Å². The van der Waals surface area contributed by atoms with Crippen LogP contribution in [0.4, 0.5) is 0 Å². The van der Waals surface area contributed by atoms with E-state index in [-0.39, 0.29) is 35.7 Å². The Morgan fingerprint density at radius 3 is 2.36 bits per heavy atom. The van der Waals surface area contributed by atoms with Crippen molar-refractivity contribution >= 4 is 0 Å². The third kappa shape index (κ3) is 4.35. The van der Waals surface area contributed by atoms with E-state index in [1.807, 2.05) is 13.8 Å². The minimum absolute atomic E-state index is 0. The van der Waals surface area contributed by atoms with Crippen LogP contribution in [0, 0.1) is 6.33 Å². The molecule has 0 aliphatic heterocycles. The van der Waals surface area contributed by atoms with Crippen molar-refractivity contribution in [1.29, 1.82) is 0 Å². The summed E-state index contributed by atoms with van der Waals surface area (Å²) in [5.74, 6) is 0.689. The molecule has 4 heteroatoms. The second-order valence-corrected chi connectivity index (χ2v) is 2.19. The summed E-state index contributed by atoms with van der Waals surface area (Å²) in [6, 6.07) is 0. The smallest absolute Gasteiger partial charge is 0.513 e. The summed E-state index contributed by atoms with van der Waals surface area (Å²) in [5, 5.41) is 0. The predicted octanol–water partition coefficient (Wildman–Crippen LogP) is -1.93. The Bertz CT molecular complexity index is 191. The molecule has 0 radical (unpaired) electrons. The van der Waals surface area contributed by atoms with Crippen molar-refractivity contribution in [2.75, 3.05) is 0 Å². The zero-order chi connectivity index (χ0) is 7.40. The van der Waals surface area contributed by atoms with Crippen molar-refractivity contribution in [3.05, 3.63) is 18.7 Å². The molecule has 0 atom stereocenters. The molecule has 1 rings (SSSR count). The van der Waals surface area contributed by atoms with E-state index in [1.54, 1.807) is 12.4 Å². The minimum Gasteiger partial charge on any atom is -0.513 e. The fourth-order valence-electron chi connectivity index (χ4n) is 0.585. The van der Waals surface area contributed by atoms with Gasteiger partial charge >= 0.3 is 29.6 Å². The first-order valence-electron chi connectivity index (χ1n) is 3.14. The summed E-state index contributed by atoms with van der Waals surface area (Å²) < 4.78 is 5.27. The molecule has 0 aromatic carbocycles. The van der Waals surface area contributed by atoms with Gasteiger partial charge in [0.15, 0.2) is 0 Å². The number of ether oxygens (including phenoxy) is 1. The van der Waals surface area contributed by atoms with Crippen LogP contribution in [0.15, 0.2) is 12.4 Å². The fraction of sp³-hybridized carbons (Fsp3) is 0.429. The van der Waals surface area contributed by atoms with Crippen LogP contribution >= 0.6 is 0 Å². The van der Waals surface area contributed by atoms with Gasteiger partial charge in [-0.05, 0) is 26.2 Å². The summed E-state index contributed by atoms with van der Waals surface area (Å²) in [7, 11) is 0. The molecule has 1 aromatic heterocycles. The number of hydrogen-bond donors (Lipinski definition) is 0. The molecule has 3 nitrogen and oxygen atoms in total. The van der Waals surface area contributed by atoms with Crippen molar-refractivity contribution < 1.29 is 34.3 Å². The summed E-state index contributed by atoms with van der Waals surface area (Å²) >= 11 is 0. The van der Waals surface area contributed by atoms with Gasteiger partial charge in [0.25, 0.3) is 0 Å². The van der Waals surface area contributed by atoms with Crippen molar-refractivity contribution in [1.82, 2.24) is 9.97 Å². The average molecular weight is 160 g/mol. The molecule has 0 N–H and O–H groups in total. The van der Waals surface area contributed by atoms with Crippen LogP contribution in [-0.2, 0) is 0 Å². The Balaban J connectivity index is 0.000001000. The van der Waals surface area contributed by atoms with E-state index in [4.69, 9.17) is 4.74 Å². The molecule has 1 aromatic rings. The largest absolute Gasteiger partial charge is 1.00 e. The third-order valence-corrected chi connectivity index (χ3v) is 0.871. The molecule has 0 amide bonds. The normalized spacial score (nSPS) is 9.00. The van der Waals surface area contributed by atoms with Gasteiger partial charge in [0.2, 0.25) is 0 Å². The van der Waals surface area contributed by atoms with Crippen LogP contribution in [0.3, 0.4) is 0 Å². The molecule has 0 aliphatic carbocycles. The van der Waals surface area contributed by atoms with E-state index in [9.17, 15) is 0 Å². The van der Waals surface area contributed by atoms with Gasteiger partial charge in [0, 0.05) is 12.1 Å². The van der Waals surface area contributed by atoms with Crippen LogP contribution in [0.2, 0.25) is 0 Å². The van der Waals surface area contributed by atoms with Crippen molar-refractivity contribution in [2.24, 2.45) is 0 Å². The van der Waals surface area contributed by atoms with Gasteiger partial charge in [0.05, 0.1) is 6.10 Å². The van der Waals surface area contributed by atoms with Gasteiger partial charge in [-0.1, -0.05) is 0 Å². The van der Waals surface area contributed by atoms with Crippen molar-refractivity contribution in [3.63, 3.8) is 0 Å². The van der Waals surface area contributed by atoms with E-state index in [0.29, 0.717) is 5.75 Å². The second-order valence-electron chi connectivity index (χ2n) is 2.19. The molecule has 0 saturated carbocycles. The van der Waals surface area contributed by atoms with E-state index in [2.05, 4.69) is 16.3 Å². The standard InChI is InChI=1S/C7H9N2O.Na/c1-6(2)10-7-3-8-5-9-4-7;/h3-4,6H,1-2H3;/q-1;+1. The average Bonchev–Trinajstić information content (AvgIpc) is 1.88. The van der Waals surface area contributed by atoms with Crippen LogP contribution in [0.5, 0.6) is 5.75 Å². The maximum Gasteiger partial charge on any atom is 1.00 e. The van der Waals surface area contributed by atoms with Gasteiger partial charge < -0.3 is 14.7 Å². The topological polar surface area (TPSA) is 35.0 Å². The van der Waals surface area contributed by atoms with Gasteiger partial charge in [0.1, 0.15) is 0 Å². The number of hydrogen-bond acceptors (Lipinski definition) is 3. The summed E-state index contributed by atoms with van der Waals surface area (Å²) in [4.78, 5) is 7.35. The summed E-state index contributed by atoms with van der Waals surface area (Å²) in [6.07, 6.45) is 5.78. The molecular weight excluding hydrogens is 151 g/mol. The molecule has 0 fully saturated rings. The van der Waals surface area contributed by atoms with E-state index < -0.39 is 0 Å². The minimum atomic E-state index is 0. The Kier molecular flexibility index (Phi) is 5.46. The quantitative estimate of drug-likeness (QED) is 0.373. The van der Waals surface area contributed by atoms with E-state index in [0.717, 1.165) is 0 Å². The zero-order valence-corrected chi connectivity index (χ0v) is 9.03. The zero-order valence-electron chi connectivity index (χ0n) is 7.03. The Labute approximate surface area is 88.5 Å². The van der Waals surface area contributed by atoms with Crippen LogP contribution in [-0.4, -0.2) is 16.1 Å². The maximum absolute atomic E-state index is 5.27. The Hall–Kier alpha value is -0.120. The maximum atomic E-state index is 5.27. The summed E-state index contributed by atoms with van der Waals surface area (Å²) in [5.41, 5.74) is 0. The predicted molar refractivity (Wildman–Crippen MR) is 36.6 cm³/mol. The van der Waals surface area contributed by atoms with Crippen LogP contribution < -0.4 is 34.3 Å². The van der Waals surface area contributed by atoms with Gasteiger partial charge in [-0.2, -0.15) is 0 Å². The molecule has 0 unspecified atom stereocenters. The Morgan fingerprint density at radius 1 is 1.36 bits per heavy atom. The van der Waals surface area contributed by atoms with Crippen molar-refractivity contribution in [2.45, 2.75) is 20.0 Å². The summed E-state index contributed by atoms with van der Waals surface area (Å²) in [6.45, 7) is 3.91. The number of nitrogens with zero attached hydrogens (tertiary/aromatic N) is 2. The molecule has 0 spiro atoms. The SMILES string of the molecule is CC(C)Oc1cn[c-]nc1.[Na+]. The third-order valence-electron chi connectivity index (χ3n) is 0.871. The molecule has 0 aliphatic rings. The molecular formula is C7H9N2NaO. The molecule has 54 valence electrons. The fourth-order valence-corrected chi connectivity index (χ4v) is 0.585. The van der Waals surface area contributed by atoms with E-state index >= 15 is 0 Å². The van der Waals surface area contributed by atoms with Gasteiger partial charge in [-0.25, -0.2) is 0 Å². The first-order chi connectivity index (χ1) is 4.79. The van der Waals surface area contributed by atoms with Crippen molar-refractivity contribution in [3.8, 4) is 5.75 Å². The van der Waals surface area contributed by atoms with E-state index in [1.165, 1.54) is 0 Å². The molecule has 11 heavy (non-hydrogen) atoms. The van der Waals surface area contributed by atoms with Crippen LogP contribution in [0.1, 0.15) is 13.8 Å². The second kappa shape index (κ2) is 5.52. The monoisotopic (exact) mass is 160 g/mol. The molecule has 1 heterocycles. The van der Waals surface area contributed by atoms with Gasteiger partial charge in [-0.3, -0.25) is 0 Å². The molecule has 0 saturated heterocycles. The Morgan fingerprint density at radius 2 is 1.91 bits per heavy atom. The van der Waals surface area contributed by atoms with Crippen LogP contribution in [0.25, 0.3) is 0 Å². The number of aromatic nitrogens is 2. The first kappa shape index (κ1) is 10.9. The first-order valence-corrected chi connectivity index (χ1v) is 3.14. The number of rotatable bonds is 2. The molecule has 0 bridgehead atoms.